The first kappa shape index (κ1) is 27.7. The van der Waals surface area contributed by atoms with Crippen LogP contribution in [-0.2, 0) is 9.84 Å². The zero-order chi connectivity index (χ0) is 27.9. The number of amides is 1. The fourth-order valence-electron chi connectivity index (χ4n) is 5.47. The lowest BCUT2D eigenvalue weighted by molar-refractivity contribution is 0.0427. The Bertz CT molecular complexity index is 1500. The van der Waals surface area contributed by atoms with Crippen molar-refractivity contribution in [3.8, 4) is 17.2 Å². The van der Waals surface area contributed by atoms with Crippen LogP contribution in [0.5, 0.6) is 17.2 Å². The lowest BCUT2D eigenvalue weighted by atomic mass is 9.98. The number of piperidine rings is 2. The highest BCUT2D eigenvalue weighted by atomic mass is 35.5. The summed E-state index contributed by atoms with van der Waals surface area (Å²) in [6.07, 6.45) is 3.69. The molecule has 12 heteroatoms. The van der Waals surface area contributed by atoms with Crippen molar-refractivity contribution in [1.82, 2.24) is 9.80 Å². The number of benzene rings is 2. The van der Waals surface area contributed by atoms with Gasteiger partial charge in [0.25, 0.3) is 5.91 Å². The number of rotatable bonds is 6. The van der Waals surface area contributed by atoms with Gasteiger partial charge in [-0.2, -0.15) is 0 Å². The average Bonchev–Trinajstić information content (AvgIpc) is 3.59. The average molecular weight is 624 g/mol. The van der Waals surface area contributed by atoms with E-state index in [1.165, 1.54) is 23.5 Å². The molecular formula is C28H28Cl2N2O6S2. The molecule has 212 valence electrons. The number of thiophene rings is 1. The number of halogens is 2. The Morgan fingerprint density at radius 2 is 1.57 bits per heavy atom. The highest BCUT2D eigenvalue weighted by Gasteiger charge is 2.32. The van der Waals surface area contributed by atoms with E-state index in [-0.39, 0.29) is 28.6 Å². The highest BCUT2D eigenvalue weighted by Crippen LogP contribution is 2.36. The third kappa shape index (κ3) is 5.52. The summed E-state index contributed by atoms with van der Waals surface area (Å²) in [7, 11) is -3.69. The van der Waals surface area contributed by atoms with Crippen molar-refractivity contribution in [1.29, 1.82) is 0 Å². The Morgan fingerprint density at radius 1 is 0.900 bits per heavy atom. The van der Waals surface area contributed by atoms with Crippen LogP contribution in [0.1, 0.15) is 35.4 Å². The molecule has 0 bridgehead atoms. The Labute approximate surface area is 247 Å². The number of hydrogen-bond acceptors (Lipinski definition) is 8. The normalized spacial score (nSPS) is 18.7. The van der Waals surface area contributed by atoms with Crippen molar-refractivity contribution in [2.75, 3.05) is 33.0 Å². The monoisotopic (exact) mass is 622 g/mol. The maximum absolute atomic E-state index is 13.1. The highest BCUT2D eigenvalue weighted by molar-refractivity contribution is 7.91. The number of carbonyl (C=O) groups is 1. The minimum atomic E-state index is -3.69. The van der Waals surface area contributed by atoms with E-state index in [4.69, 9.17) is 37.4 Å². The zero-order valence-electron chi connectivity index (χ0n) is 21.6. The van der Waals surface area contributed by atoms with Gasteiger partial charge in [-0.3, -0.25) is 9.69 Å². The fraction of sp³-hybridized carbons (Fsp3) is 0.393. The Morgan fingerprint density at radius 3 is 2.25 bits per heavy atom. The number of nitrogens with zero attached hydrogens (tertiary/aromatic N) is 2. The Balaban J connectivity index is 0.990. The largest absolute Gasteiger partial charge is 0.490 e. The maximum atomic E-state index is 13.1. The van der Waals surface area contributed by atoms with E-state index < -0.39 is 9.84 Å². The minimum absolute atomic E-state index is 0.0397. The van der Waals surface area contributed by atoms with Crippen LogP contribution in [0.25, 0.3) is 0 Å². The molecular weight excluding hydrogens is 595 g/mol. The van der Waals surface area contributed by atoms with Gasteiger partial charge >= 0.3 is 0 Å². The molecule has 0 radical (unpaired) electrons. The smallest absolute Gasteiger partial charge is 0.265 e. The van der Waals surface area contributed by atoms with Gasteiger partial charge in [-0.1, -0.05) is 23.2 Å². The number of hydrogen-bond donors (Lipinski definition) is 0. The molecule has 6 rings (SSSR count). The molecule has 2 saturated heterocycles. The van der Waals surface area contributed by atoms with E-state index in [1.54, 1.807) is 35.7 Å². The van der Waals surface area contributed by atoms with Crippen LogP contribution in [0.15, 0.2) is 57.6 Å². The molecule has 0 spiro atoms. The standard InChI is InChI=1S/C28H28Cl2N2O6S2/c29-23-16-39-27(26(23)30)28(33)32-11-7-18(8-12-32)31-13-9-20(10-14-31)38-19-1-3-21(4-2-19)40(34,35)22-5-6-24-25(15-22)37-17-36-24/h1-6,15-16,18,20H,7-14,17H2. The summed E-state index contributed by atoms with van der Waals surface area (Å²) >= 11 is 13.5. The molecule has 0 aliphatic carbocycles. The zero-order valence-corrected chi connectivity index (χ0v) is 24.7. The van der Waals surface area contributed by atoms with Crippen molar-refractivity contribution in [2.24, 2.45) is 0 Å². The quantitative estimate of drug-likeness (QED) is 0.345. The second kappa shape index (κ2) is 11.4. The van der Waals surface area contributed by atoms with Gasteiger partial charge < -0.3 is 19.1 Å². The molecule has 0 unspecified atom stereocenters. The second-order valence-electron chi connectivity index (χ2n) is 10.1. The molecule has 3 aromatic rings. The summed E-state index contributed by atoms with van der Waals surface area (Å²) in [5, 5.41) is 2.48. The van der Waals surface area contributed by atoms with Crippen LogP contribution in [0, 0.1) is 0 Å². The molecule has 4 heterocycles. The molecule has 0 saturated carbocycles. The third-order valence-corrected chi connectivity index (χ3v) is 11.5. The topological polar surface area (TPSA) is 85.4 Å². The fourth-order valence-corrected chi connectivity index (χ4v) is 8.15. The SMILES string of the molecule is O=C(c1scc(Cl)c1Cl)N1CCC(N2CCC(Oc3ccc(S(=O)(=O)c4ccc5c(c4)OCO5)cc3)CC2)CC1. The summed E-state index contributed by atoms with van der Waals surface area (Å²) in [6.45, 7) is 3.34. The summed E-state index contributed by atoms with van der Waals surface area (Å²) in [6, 6.07) is 11.7. The van der Waals surface area contributed by atoms with Crippen LogP contribution in [0.3, 0.4) is 0 Å². The van der Waals surface area contributed by atoms with Crippen LogP contribution >= 0.6 is 34.5 Å². The third-order valence-electron chi connectivity index (χ3n) is 7.72. The van der Waals surface area contributed by atoms with Crippen molar-refractivity contribution in [2.45, 2.75) is 47.6 Å². The summed E-state index contributed by atoms with van der Waals surface area (Å²) in [4.78, 5) is 18.1. The van der Waals surface area contributed by atoms with E-state index in [0.717, 1.165) is 38.8 Å². The van der Waals surface area contributed by atoms with Gasteiger partial charge in [0, 0.05) is 43.7 Å². The Hall–Kier alpha value is -2.50. The number of fused-ring (bicyclic) bond motifs is 1. The van der Waals surface area contributed by atoms with Crippen molar-refractivity contribution < 1.29 is 27.4 Å². The number of carbonyl (C=O) groups excluding carboxylic acids is 1. The molecule has 3 aliphatic heterocycles. The molecule has 1 aromatic heterocycles. The first-order valence-electron chi connectivity index (χ1n) is 13.2. The molecule has 2 aromatic carbocycles. The summed E-state index contributed by atoms with van der Waals surface area (Å²) < 4.78 is 43.0. The van der Waals surface area contributed by atoms with Gasteiger partial charge in [0.2, 0.25) is 16.6 Å². The van der Waals surface area contributed by atoms with Gasteiger partial charge in [-0.15, -0.1) is 11.3 Å². The van der Waals surface area contributed by atoms with Crippen LogP contribution in [0.2, 0.25) is 10.0 Å². The molecule has 2 fully saturated rings. The summed E-state index contributed by atoms with van der Waals surface area (Å²) in [5.74, 6) is 1.59. The summed E-state index contributed by atoms with van der Waals surface area (Å²) in [5.41, 5.74) is 0. The second-order valence-corrected chi connectivity index (χ2v) is 13.7. The van der Waals surface area contributed by atoms with E-state index in [2.05, 4.69) is 4.90 Å². The van der Waals surface area contributed by atoms with Crippen LogP contribution in [0.4, 0.5) is 0 Å². The van der Waals surface area contributed by atoms with Crippen molar-refractivity contribution >= 4 is 50.3 Å². The van der Waals surface area contributed by atoms with Gasteiger partial charge in [0.05, 0.1) is 19.8 Å². The van der Waals surface area contributed by atoms with Crippen LogP contribution in [-0.4, -0.2) is 69.2 Å². The van der Waals surface area contributed by atoms with Crippen molar-refractivity contribution in [3.05, 3.63) is 62.8 Å². The Kier molecular flexibility index (Phi) is 7.89. The van der Waals surface area contributed by atoms with Gasteiger partial charge in [0.1, 0.15) is 16.7 Å². The van der Waals surface area contributed by atoms with Crippen molar-refractivity contribution in [3.63, 3.8) is 0 Å². The van der Waals surface area contributed by atoms with E-state index in [9.17, 15) is 13.2 Å². The number of likely N-dealkylation sites (tertiary alicyclic amines) is 2. The van der Waals surface area contributed by atoms with Crippen LogP contribution < -0.4 is 14.2 Å². The molecule has 3 aliphatic rings. The molecule has 0 atom stereocenters. The van der Waals surface area contributed by atoms with E-state index in [0.29, 0.717) is 51.3 Å². The predicted octanol–water partition coefficient (Wildman–Crippen LogP) is 5.76. The van der Waals surface area contributed by atoms with E-state index >= 15 is 0 Å². The van der Waals surface area contributed by atoms with E-state index in [1.807, 2.05) is 4.90 Å². The molecule has 0 N–H and O–H groups in total. The lowest BCUT2D eigenvalue weighted by Crippen LogP contribution is -2.50. The van der Waals surface area contributed by atoms with Gasteiger partial charge in [0.15, 0.2) is 11.5 Å². The molecule has 8 nitrogen and oxygen atoms in total. The first-order chi connectivity index (χ1) is 19.3. The predicted molar refractivity (Wildman–Crippen MR) is 153 cm³/mol. The lowest BCUT2D eigenvalue weighted by Gasteiger charge is -2.41. The van der Waals surface area contributed by atoms with Gasteiger partial charge in [-0.05, 0) is 62.1 Å². The van der Waals surface area contributed by atoms with Gasteiger partial charge in [-0.25, -0.2) is 8.42 Å². The number of sulfone groups is 1. The number of ether oxygens (including phenoxy) is 3. The first-order valence-corrected chi connectivity index (χ1v) is 16.3. The minimum Gasteiger partial charge on any atom is -0.490 e. The molecule has 1 amide bonds. The molecule has 40 heavy (non-hydrogen) atoms. The maximum Gasteiger partial charge on any atom is 0.265 e.